The summed E-state index contributed by atoms with van der Waals surface area (Å²) in [5.74, 6) is -10.4. The maximum absolute atomic E-state index is 13.6. The molecule has 0 amide bonds. The lowest BCUT2D eigenvalue weighted by molar-refractivity contribution is 0.381. The number of hydrogen-bond acceptors (Lipinski definition) is 2. The first kappa shape index (κ1) is 13.3. The van der Waals surface area contributed by atoms with E-state index in [4.69, 9.17) is 5.73 Å². The third-order valence-electron chi connectivity index (χ3n) is 2.53. The Morgan fingerprint density at radius 1 is 0.895 bits per heavy atom. The van der Waals surface area contributed by atoms with E-state index in [0.29, 0.717) is 5.56 Å². The topological polar surface area (TPSA) is 38.9 Å². The van der Waals surface area contributed by atoms with Crippen molar-refractivity contribution in [3.8, 4) is 11.1 Å². The van der Waals surface area contributed by atoms with Crippen LogP contribution in [-0.4, -0.2) is 4.98 Å². The van der Waals surface area contributed by atoms with Crippen LogP contribution in [-0.2, 0) is 0 Å². The Kier molecular flexibility index (Phi) is 3.13. The largest absolute Gasteiger partial charge is 0.383 e. The molecule has 1 aromatic carbocycles. The number of anilines is 1. The van der Waals surface area contributed by atoms with Crippen molar-refractivity contribution in [1.29, 1.82) is 0 Å². The van der Waals surface area contributed by atoms with E-state index in [2.05, 4.69) is 4.98 Å². The lowest BCUT2D eigenvalue weighted by atomic mass is 10.0. The van der Waals surface area contributed by atoms with Gasteiger partial charge in [0.05, 0.1) is 5.56 Å². The van der Waals surface area contributed by atoms with Crippen LogP contribution < -0.4 is 5.73 Å². The molecular weight excluding hydrogens is 267 g/mol. The van der Waals surface area contributed by atoms with Crippen LogP contribution in [0.3, 0.4) is 0 Å². The van der Waals surface area contributed by atoms with Crippen molar-refractivity contribution < 1.29 is 22.0 Å². The fourth-order valence-electron chi connectivity index (χ4n) is 1.62. The van der Waals surface area contributed by atoms with E-state index in [1.54, 1.807) is 6.92 Å². The van der Waals surface area contributed by atoms with Crippen LogP contribution >= 0.6 is 0 Å². The van der Waals surface area contributed by atoms with Gasteiger partial charge in [-0.05, 0) is 18.6 Å². The van der Waals surface area contributed by atoms with Crippen molar-refractivity contribution in [1.82, 2.24) is 4.98 Å². The average molecular weight is 274 g/mol. The number of hydrogen-bond donors (Lipinski definition) is 1. The monoisotopic (exact) mass is 274 g/mol. The van der Waals surface area contributed by atoms with Gasteiger partial charge in [0, 0.05) is 11.8 Å². The number of nitrogens with zero attached hydrogens (tertiary/aromatic N) is 1. The molecule has 0 bridgehead atoms. The highest BCUT2D eigenvalue weighted by Gasteiger charge is 2.27. The molecule has 0 spiro atoms. The van der Waals surface area contributed by atoms with Crippen molar-refractivity contribution in [3.05, 3.63) is 46.9 Å². The zero-order valence-corrected chi connectivity index (χ0v) is 9.57. The first-order valence-electron chi connectivity index (χ1n) is 5.08. The third kappa shape index (κ3) is 2.00. The second-order valence-electron chi connectivity index (χ2n) is 3.89. The molecule has 100 valence electrons. The van der Waals surface area contributed by atoms with Gasteiger partial charge in [-0.1, -0.05) is 0 Å². The molecule has 2 aromatic rings. The summed E-state index contributed by atoms with van der Waals surface area (Å²) in [6, 6.07) is 1.20. The molecule has 1 heterocycles. The molecule has 7 heteroatoms. The summed E-state index contributed by atoms with van der Waals surface area (Å²) in [4.78, 5) is 3.62. The Bertz CT molecular complexity index is 641. The maximum Gasteiger partial charge on any atom is 0.200 e. The lowest BCUT2D eigenvalue weighted by Gasteiger charge is -2.10. The summed E-state index contributed by atoms with van der Waals surface area (Å²) in [7, 11) is 0. The summed E-state index contributed by atoms with van der Waals surface area (Å²) in [6.45, 7) is 1.54. The summed E-state index contributed by atoms with van der Waals surface area (Å²) >= 11 is 0. The minimum atomic E-state index is -2.21. The van der Waals surface area contributed by atoms with Gasteiger partial charge in [0.25, 0.3) is 0 Å². The van der Waals surface area contributed by atoms with Crippen molar-refractivity contribution in [2.45, 2.75) is 6.92 Å². The third-order valence-corrected chi connectivity index (χ3v) is 2.53. The summed E-state index contributed by atoms with van der Waals surface area (Å²) in [5, 5.41) is 0. The Morgan fingerprint density at radius 2 is 1.37 bits per heavy atom. The number of nitrogens with two attached hydrogens (primary N) is 1. The molecule has 0 atom stereocenters. The van der Waals surface area contributed by atoms with Crippen molar-refractivity contribution in [3.63, 3.8) is 0 Å². The highest BCUT2D eigenvalue weighted by Crippen LogP contribution is 2.34. The molecule has 0 aliphatic heterocycles. The van der Waals surface area contributed by atoms with Crippen LogP contribution in [0.1, 0.15) is 5.56 Å². The van der Waals surface area contributed by atoms with Gasteiger partial charge in [-0.3, -0.25) is 0 Å². The van der Waals surface area contributed by atoms with Crippen LogP contribution in [0.15, 0.2) is 12.3 Å². The van der Waals surface area contributed by atoms with Crippen LogP contribution in [0.5, 0.6) is 0 Å². The normalized spacial score (nSPS) is 10.8. The van der Waals surface area contributed by atoms with Gasteiger partial charge in [0.15, 0.2) is 23.3 Å². The Hall–Kier alpha value is -2.18. The summed E-state index contributed by atoms with van der Waals surface area (Å²) < 4.78 is 66.3. The van der Waals surface area contributed by atoms with Crippen LogP contribution in [0.25, 0.3) is 11.1 Å². The lowest BCUT2D eigenvalue weighted by Crippen LogP contribution is -2.06. The highest BCUT2D eigenvalue weighted by molar-refractivity contribution is 5.75. The Morgan fingerprint density at radius 3 is 1.89 bits per heavy atom. The number of aromatic nitrogens is 1. The molecule has 0 saturated carbocycles. The second kappa shape index (κ2) is 4.49. The molecule has 2 nitrogen and oxygen atoms in total. The maximum atomic E-state index is 13.6. The predicted octanol–water partition coefficient (Wildman–Crippen LogP) is 3.33. The number of halogens is 5. The minimum absolute atomic E-state index is 0.325. The molecule has 1 aromatic heterocycles. The number of benzene rings is 1. The molecule has 2 N–H and O–H groups in total. The standard InChI is InChI=1S/C12H7F5N2/c1-4-2-5(12(18)19-3-4)6-7(13)9(15)11(17)10(16)8(6)14/h2-3H,1H3,(H2,18,19). The Labute approximate surface area is 104 Å². The van der Waals surface area contributed by atoms with Gasteiger partial charge in [-0.25, -0.2) is 26.9 Å². The quantitative estimate of drug-likeness (QED) is 0.492. The van der Waals surface area contributed by atoms with E-state index in [0.717, 1.165) is 0 Å². The number of nitrogen functional groups attached to an aromatic ring is 1. The average Bonchev–Trinajstić information content (AvgIpc) is 2.38. The van der Waals surface area contributed by atoms with Gasteiger partial charge >= 0.3 is 0 Å². The van der Waals surface area contributed by atoms with Gasteiger partial charge in [-0.15, -0.1) is 0 Å². The van der Waals surface area contributed by atoms with E-state index in [-0.39, 0.29) is 11.4 Å². The Balaban J connectivity index is 2.87. The minimum Gasteiger partial charge on any atom is -0.383 e. The molecule has 0 aliphatic carbocycles. The fourth-order valence-corrected chi connectivity index (χ4v) is 1.62. The van der Waals surface area contributed by atoms with Crippen molar-refractivity contribution in [2.75, 3.05) is 5.73 Å². The number of aryl methyl sites for hydroxylation is 1. The fraction of sp³-hybridized carbons (Fsp3) is 0.0833. The second-order valence-corrected chi connectivity index (χ2v) is 3.89. The summed E-state index contributed by atoms with van der Waals surface area (Å²) in [6.07, 6.45) is 1.31. The molecule has 0 radical (unpaired) electrons. The first-order valence-corrected chi connectivity index (χ1v) is 5.08. The zero-order chi connectivity index (χ0) is 14.3. The van der Waals surface area contributed by atoms with Gasteiger partial charge in [0.2, 0.25) is 5.82 Å². The first-order chi connectivity index (χ1) is 8.84. The molecule has 2 rings (SSSR count). The van der Waals surface area contributed by atoms with Gasteiger partial charge in [-0.2, -0.15) is 0 Å². The summed E-state index contributed by atoms with van der Waals surface area (Å²) in [5.41, 5.74) is 4.46. The predicted molar refractivity (Wildman–Crippen MR) is 58.6 cm³/mol. The molecule has 0 saturated heterocycles. The molecule has 0 unspecified atom stereocenters. The molecule has 19 heavy (non-hydrogen) atoms. The van der Waals surface area contributed by atoms with E-state index in [1.165, 1.54) is 12.3 Å². The van der Waals surface area contributed by atoms with E-state index >= 15 is 0 Å². The number of rotatable bonds is 1. The highest BCUT2D eigenvalue weighted by atomic mass is 19.2. The molecule has 0 fully saturated rings. The van der Waals surface area contributed by atoms with Crippen LogP contribution in [0.4, 0.5) is 27.8 Å². The van der Waals surface area contributed by atoms with E-state index in [1.807, 2.05) is 0 Å². The zero-order valence-electron chi connectivity index (χ0n) is 9.57. The number of pyridine rings is 1. The van der Waals surface area contributed by atoms with Crippen LogP contribution in [0, 0.1) is 36.0 Å². The van der Waals surface area contributed by atoms with E-state index in [9.17, 15) is 22.0 Å². The van der Waals surface area contributed by atoms with Crippen LogP contribution in [0.2, 0.25) is 0 Å². The van der Waals surface area contributed by atoms with Crippen molar-refractivity contribution in [2.24, 2.45) is 0 Å². The van der Waals surface area contributed by atoms with Crippen molar-refractivity contribution >= 4 is 5.82 Å². The smallest absolute Gasteiger partial charge is 0.200 e. The van der Waals surface area contributed by atoms with E-state index < -0.39 is 34.6 Å². The molecule has 0 aliphatic rings. The van der Waals surface area contributed by atoms with Gasteiger partial charge < -0.3 is 5.73 Å². The van der Waals surface area contributed by atoms with Gasteiger partial charge in [0.1, 0.15) is 5.82 Å². The SMILES string of the molecule is Cc1cnc(N)c(-c2c(F)c(F)c(F)c(F)c2F)c1. The molecular formula is C12H7F5N2.